The van der Waals surface area contributed by atoms with E-state index in [1.54, 1.807) is 31.4 Å². The molecule has 0 bridgehead atoms. The molecule has 0 saturated heterocycles. The van der Waals surface area contributed by atoms with Gasteiger partial charge in [0.2, 0.25) is 0 Å². The zero-order valence-electron chi connectivity index (χ0n) is 12.3. The molecule has 2 aromatic rings. The number of aryl methyl sites for hydroxylation is 1. The van der Waals surface area contributed by atoms with Crippen LogP contribution in [0.1, 0.15) is 34.5 Å². The van der Waals surface area contributed by atoms with Gasteiger partial charge in [0.05, 0.1) is 23.7 Å². The molecule has 0 aliphatic rings. The third-order valence-corrected chi connectivity index (χ3v) is 3.65. The lowest BCUT2D eigenvalue weighted by Gasteiger charge is -2.18. The normalized spacial score (nSPS) is 11.8. The van der Waals surface area contributed by atoms with Crippen molar-refractivity contribution in [2.24, 2.45) is 0 Å². The number of nitrogens with one attached hydrogen (secondary N) is 1. The monoisotopic (exact) mass is 303 g/mol. The Morgan fingerprint density at radius 1 is 1.24 bits per heavy atom. The van der Waals surface area contributed by atoms with Gasteiger partial charge < -0.3 is 10.1 Å². The molecule has 21 heavy (non-hydrogen) atoms. The fraction of sp³-hybridized carbons (Fsp3) is 0.235. The molecule has 0 spiro atoms. The van der Waals surface area contributed by atoms with Crippen LogP contribution in [0.2, 0.25) is 5.02 Å². The van der Waals surface area contributed by atoms with Crippen molar-refractivity contribution < 1.29 is 9.53 Å². The maximum absolute atomic E-state index is 12.3. The average molecular weight is 304 g/mol. The maximum Gasteiger partial charge on any atom is 0.253 e. The van der Waals surface area contributed by atoms with Crippen LogP contribution in [0.25, 0.3) is 0 Å². The van der Waals surface area contributed by atoms with E-state index in [0.29, 0.717) is 10.6 Å². The summed E-state index contributed by atoms with van der Waals surface area (Å²) in [6.45, 7) is 3.93. The molecule has 2 rings (SSSR count). The van der Waals surface area contributed by atoms with Gasteiger partial charge in [-0.3, -0.25) is 4.79 Å². The van der Waals surface area contributed by atoms with Crippen LogP contribution in [0.3, 0.4) is 0 Å². The molecule has 0 unspecified atom stereocenters. The SMILES string of the molecule is COc1ccc(C)cc1[C@H](C)NC(=O)c1ccccc1Cl. The summed E-state index contributed by atoms with van der Waals surface area (Å²) in [6.07, 6.45) is 0. The summed E-state index contributed by atoms with van der Waals surface area (Å²) < 4.78 is 5.36. The molecular weight excluding hydrogens is 286 g/mol. The third-order valence-electron chi connectivity index (χ3n) is 3.32. The first kappa shape index (κ1) is 15.4. The largest absolute Gasteiger partial charge is 0.496 e. The van der Waals surface area contributed by atoms with E-state index >= 15 is 0 Å². The predicted molar refractivity (Wildman–Crippen MR) is 85.1 cm³/mol. The number of hydrogen-bond acceptors (Lipinski definition) is 2. The van der Waals surface area contributed by atoms with Crippen LogP contribution in [0.5, 0.6) is 5.75 Å². The number of rotatable bonds is 4. The first-order valence-electron chi connectivity index (χ1n) is 6.73. The van der Waals surface area contributed by atoms with Crippen LogP contribution in [-0.2, 0) is 0 Å². The van der Waals surface area contributed by atoms with Crippen molar-refractivity contribution in [1.82, 2.24) is 5.32 Å². The standard InChI is InChI=1S/C17H18ClNO2/c1-11-8-9-16(21-3)14(10-11)12(2)19-17(20)13-6-4-5-7-15(13)18/h4-10,12H,1-3H3,(H,19,20)/t12-/m0/s1. The summed E-state index contributed by atoms with van der Waals surface area (Å²) >= 11 is 6.05. The Bertz CT molecular complexity index is 655. The molecule has 0 aliphatic carbocycles. The van der Waals surface area contributed by atoms with Crippen LogP contribution < -0.4 is 10.1 Å². The number of amides is 1. The number of carbonyl (C=O) groups is 1. The minimum atomic E-state index is -0.198. The van der Waals surface area contributed by atoms with Gasteiger partial charge in [-0.05, 0) is 32.0 Å². The number of ether oxygens (including phenoxy) is 1. The molecule has 0 fully saturated rings. The number of hydrogen-bond donors (Lipinski definition) is 1. The van der Waals surface area contributed by atoms with E-state index < -0.39 is 0 Å². The van der Waals surface area contributed by atoms with E-state index in [1.807, 2.05) is 32.0 Å². The highest BCUT2D eigenvalue weighted by molar-refractivity contribution is 6.33. The van der Waals surface area contributed by atoms with Crippen molar-refractivity contribution in [3.8, 4) is 5.75 Å². The zero-order valence-corrected chi connectivity index (χ0v) is 13.1. The van der Waals surface area contributed by atoms with Gasteiger partial charge in [0.1, 0.15) is 5.75 Å². The van der Waals surface area contributed by atoms with E-state index in [9.17, 15) is 4.79 Å². The van der Waals surface area contributed by atoms with E-state index in [-0.39, 0.29) is 11.9 Å². The Kier molecular flexibility index (Phi) is 4.86. The van der Waals surface area contributed by atoms with Gasteiger partial charge in [0.15, 0.2) is 0 Å². The lowest BCUT2D eigenvalue weighted by atomic mass is 10.0. The van der Waals surface area contributed by atoms with Gasteiger partial charge in [-0.2, -0.15) is 0 Å². The van der Waals surface area contributed by atoms with Crippen LogP contribution in [0.4, 0.5) is 0 Å². The quantitative estimate of drug-likeness (QED) is 0.921. The number of methoxy groups -OCH3 is 1. The smallest absolute Gasteiger partial charge is 0.253 e. The Morgan fingerprint density at radius 2 is 1.95 bits per heavy atom. The fourth-order valence-electron chi connectivity index (χ4n) is 2.19. The highest BCUT2D eigenvalue weighted by Crippen LogP contribution is 2.26. The lowest BCUT2D eigenvalue weighted by Crippen LogP contribution is -2.27. The van der Waals surface area contributed by atoms with Crippen molar-refractivity contribution >= 4 is 17.5 Å². The second-order valence-corrected chi connectivity index (χ2v) is 5.33. The second-order valence-electron chi connectivity index (χ2n) is 4.92. The average Bonchev–Trinajstić information content (AvgIpc) is 2.47. The molecule has 0 radical (unpaired) electrons. The number of benzene rings is 2. The molecular formula is C17H18ClNO2. The predicted octanol–water partition coefficient (Wildman–Crippen LogP) is 4.15. The summed E-state index contributed by atoms with van der Waals surface area (Å²) in [6, 6.07) is 12.7. The Hall–Kier alpha value is -2.00. The molecule has 0 aliphatic heterocycles. The van der Waals surface area contributed by atoms with Crippen LogP contribution in [0.15, 0.2) is 42.5 Å². The molecule has 3 nitrogen and oxygen atoms in total. The summed E-state index contributed by atoms with van der Waals surface area (Å²) in [7, 11) is 1.62. The molecule has 110 valence electrons. The number of carbonyl (C=O) groups excluding carboxylic acids is 1. The van der Waals surface area contributed by atoms with Gasteiger partial charge in [-0.25, -0.2) is 0 Å². The number of halogens is 1. The first-order valence-corrected chi connectivity index (χ1v) is 7.10. The Labute approximate surface area is 129 Å². The van der Waals surface area contributed by atoms with Crippen molar-refractivity contribution in [2.45, 2.75) is 19.9 Å². The van der Waals surface area contributed by atoms with E-state index in [2.05, 4.69) is 5.32 Å². The van der Waals surface area contributed by atoms with E-state index in [1.165, 1.54) is 0 Å². The fourth-order valence-corrected chi connectivity index (χ4v) is 2.41. The lowest BCUT2D eigenvalue weighted by molar-refractivity contribution is 0.0939. The highest BCUT2D eigenvalue weighted by Gasteiger charge is 2.16. The van der Waals surface area contributed by atoms with Crippen LogP contribution >= 0.6 is 11.6 Å². The molecule has 1 N–H and O–H groups in total. The minimum absolute atomic E-state index is 0.177. The van der Waals surface area contributed by atoms with E-state index in [4.69, 9.17) is 16.3 Å². The first-order chi connectivity index (χ1) is 10.0. The van der Waals surface area contributed by atoms with E-state index in [0.717, 1.165) is 16.9 Å². The van der Waals surface area contributed by atoms with Crippen molar-refractivity contribution in [3.05, 3.63) is 64.2 Å². The maximum atomic E-state index is 12.3. The third kappa shape index (κ3) is 3.56. The molecule has 0 heterocycles. The minimum Gasteiger partial charge on any atom is -0.496 e. The zero-order chi connectivity index (χ0) is 15.4. The Balaban J connectivity index is 2.22. The van der Waals surface area contributed by atoms with Gasteiger partial charge in [-0.1, -0.05) is 41.4 Å². The van der Waals surface area contributed by atoms with Crippen molar-refractivity contribution in [1.29, 1.82) is 0 Å². The molecule has 0 aromatic heterocycles. The highest BCUT2D eigenvalue weighted by atomic mass is 35.5. The van der Waals surface area contributed by atoms with Gasteiger partial charge in [0.25, 0.3) is 5.91 Å². The topological polar surface area (TPSA) is 38.3 Å². The summed E-state index contributed by atoms with van der Waals surface area (Å²) in [4.78, 5) is 12.3. The van der Waals surface area contributed by atoms with Gasteiger partial charge >= 0.3 is 0 Å². The summed E-state index contributed by atoms with van der Waals surface area (Å²) in [5, 5.41) is 3.39. The molecule has 0 saturated carbocycles. The van der Waals surface area contributed by atoms with Gasteiger partial charge in [0, 0.05) is 5.56 Å². The molecule has 1 amide bonds. The summed E-state index contributed by atoms with van der Waals surface area (Å²) in [5.74, 6) is 0.559. The van der Waals surface area contributed by atoms with Crippen molar-refractivity contribution in [3.63, 3.8) is 0 Å². The summed E-state index contributed by atoms with van der Waals surface area (Å²) in [5.41, 5.74) is 2.53. The van der Waals surface area contributed by atoms with Crippen LogP contribution in [-0.4, -0.2) is 13.0 Å². The van der Waals surface area contributed by atoms with Gasteiger partial charge in [-0.15, -0.1) is 0 Å². The second kappa shape index (κ2) is 6.64. The van der Waals surface area contributed by atoms with Crippen molar-refractivity contribution in [2.75, 3.05) is 7.11 Å². The van der Waals surface area contributed by atoms with Crippen LogP contribution in [0, 0.1) is 6.92 Å². The molecule has 4 heteroatoms. The Morgan fingerprint density at radius 3 is 2.62 bits per heavy atom. The molecule has 2 aromatic carbocycles. The molecule has 1 atom stereocenters.